The van der Waals surface area contributed by atoms with Crippen LogP contribution in [0.4, 0.5) is 8.78 Å². The highest BCUT2D eigenvalue weighted by Gasteiger charge is 2.35. The van der Waals surface area contributed by atoms with Crippen molar-refractivity contribution in [1.29, 1.82) is 5.26 Å². The van der Waals surface area contributed by atoms with Crippen molar-refractivity contribution in [2.45, 2.75) is 30.9 Å². The predicted molar refractivity (Wildman–Crippen MR) is 93.6 cm³/mol. The molecule has 1 N–H and O–H groups in total. The number of hydrogen-bond donors (Lipinski definition) is 1. The number of aromatic amines is 1. The molecule has 1 unspecified atom stereocenters. The van der Waals surface area contributed by atoms with E-state index in [0.717, 1.165) is 30.0 Å². The fourth-order valence-corrected chi connectivity index (χ4v) is 3.71. The standard InChI is InChI=1S/C18H14F2N4O2S/c1-9-6-11(4-5-12(9)18(19,20)27(25)26)15-13(7-21)22-8-14-16(15)17(24-23-14)10-2-3-10/h4-6,8,10H,2-3H2,1H3,(H,23,24)(H,25,26)/p-1. The Balaban J connectivity index is 1.95. The lowest BCUT2D eigenvalue weighted by Crippen LogP contribution is -2.21. The summed E-state index contributed by atoms with van der Waals surface area (Å²) in [5.74, 6) is 0.329. The number of nitriles is 1. The Morgan fingerprint density at radius 2 is 2.15 bits per heavy atom. The summed E-state index contributed by atoms with van der Waals surface area (Å²) in [7, 11) is 0. The van der Waals surface area contributed by atoms with Crippen molar-refractivity contribution in [2.75, 3.05) is 0 Å². The SMILES string of the molecule is Cc1cc(-c2c(C#N)ncc3n[nH]c(C4CC4)c23)ccc1C(F)(F)S(=O)[O-]. The van der Waals surface area contributed by atoms with Gasteiger partial charge in [0.15, 0.2) is 0 Å². The topological polar surface area (TPSA) is 105 Å². The molecule has 6 nitrogen and oxygen atoms in total. The Morgan fingerprint density at radius 3 is 2.74 bits per heavy atom. The molecule has 4 rings (SSSR count). The summed E-state index contributed by atoms with van der Waals surface area (Å²) in [5.41, 5.74) is 2.22. The molecule has 1 aliphatic carbocycles. The summed E-state index contributed by atoms with van der Waals surface area (Å²) in [6, 6.07) is 5.97. The quantitative estimate of drug-likeness (QED) is 0.689. The number of aryl methyl sites for hydroxylation is 1. The molecule has 2 heterocycles. The second kappa shape index (κ2) is 6.18. The molecule has 0 bridgehead atoms. The molecular weight excluding hydrogens is 374 g/mol. The molecule has 1 aliphatic rings. The molecule has 27 heavy (non-hydrogen) atoms. The molecule has 0 spiro atoms. The molecule has 1 atom stereocenters. The van der Waals surface area contributed by atoms with Crippen molar-refractivity contribution in [2.24, 2.45) is 0 Å². The summed E-state index contributed by atoms with van der Waals surface area (Å²) in [6.07, 6.45) is 3.54. The third-order valence-electron chi connectivity index (χ3n) is 4.75. The first-order chi connectivity index (χ1) is 12.8. The number of H-pyrrole nitrogens is 1. The maximum atomic E-state index is 13.9. The molecule has 2 aromatic heterocycles. The van der Waals surface area contributed by atoms with Gasteiger partial charge in [0.05, 0.1) is 6.20 Å². The first kappa shape index (κ1) is 17.7. The number of halogens is 2. The van der Waals surface area contributed by atoms with E-state index in [2.05, 4.69) is 15.2 Å². The largest absolute Gasteiger partial charge is 0.768 e. The first-order valence-corrected chi connectivity index (χ1v) is 9.27. The normalized spacial score (nSPS) is 15.7. The molecule has 138 valence electrons. The number of fused-ring (bicyclic) bond motifs is 1. The molecule has 0 radical (unpaired) electrons. The Bertz CT molecular complexity index is 1130. The van der Waals surface area contributed by atoms with Gasteiger partial charge in [0.1, 0.15) is 17.3 Å². The minimum atomic E-state index is -3.99. The monoisotopic (exact) mass is 387 g/mol. The van der Waals surface area contributed by atoms with E-state index in [9.17, 15) is 22.8 Å². The Morgan fingerprint density at radius 1 is 1.41 bits per heavy atom. The third kappa shape index (κ3) is 2.81. The average molecular weight is 387 g/mol. The number of pyridine rings is 1. The molecular formula is C18H13F2N4O2S-. The smallest absolute Gasteiger partial charge is 0.334 e. The minimum Gasteiger partial charge on any atom is -0.768 e. The number of rotatable bonds is 4. The van der Waals surface area contributed by atoms with E-state index < -0.39 is 21.9 Å². The van der Waals surface area contributed by atoms with Gasteiger partial charge in [-0.2, -0.15) is 19.1 Å². The van der Waals surface area contributed by atoms with Gasteiger partial charge in [0, 0.05) is 39.2 Å². The number of nitrogens with zero attached hydrogens (tertiary/aromatic N) is 3. The molecule has 0 saturated heterocycles. The molecule has 9 heteroatoms. The van der Waals surface area contributed by atoms with Crippen LogP contribution in [0.3, 0.4) is 0 Å². The predicted octanol–water partition coefficient (Wildman–Crippen LogP) is 3.61. The van der Waals surface area contributed by atoms with E-state index in [4.69, 9.17) is 0 Å². The Hall–Kier alpha value is -2.70. The van der Waals surface area contributed by atoms with Gasteiger partial charge in [-0.15, -0.1) is 0 Å². The van der Waals surface area contributed by atoms with Crippen LogP contribution >= 0.6 is 0 Å². The lowest BCUT2D eigenvalue weighted by Gasteiger charge is -2.21. The number of alkyl halides is 2. The van der Waals surface area contributed by atoms with E-state index >= 15 is 0 Å². The van der Waals surface area contributed by atoms with Gasteiger partial charge in [0.25, 0.3) is 0 Å². The van der Waals surface area contributed by atoms with Crippen LogP contribution in [0.5, 0.6) is 0 Å². The lowest BCUT2D eigenvalue weighted by atomic mass is 9.95. The zero-order valence-electron chi connectivity index (χ0n) is 14.1. The van der Waals surface area contributed by atoms with Gasteiger partial charge in [0.2, 0.25) is 0 Å². The molecule has 1 saturated carbocycles. The first-order valence-electron chi connectivity index (χ1n) is 8.20. The van der Waals surface area contributed by atoms with E-state index in [0.29, 0.717) is 22.6 Å². The van der Waals surface area contributed by atoms with Crippen molar-refractivity contribution < 1.29 is 17.5 Å². The fraction of sp³-hybridized carbons (Fsp3) is 0.278. The third-order valence-corrected chi connectivity index (χ3v) is 5.39. The molecule has 3 aromatic rings. The van der Waals surface area contributed by atoms with Crippen LogP contribution in [0.1, 0.15) is 41.3 Å². The summed E-state index contributed by atoms with van der Waals surface area (Å²) in [5, 5.41) is 13.5. The van der Waals surface area contributed by atoms with Crippen molar-refractivity contribution >= 4 is 22.0 Å². The number of hydrogen-bond acceptors (Lipinski definition) is 5. The van der Waals surface area contributed by atoms with Crippen LogP contribution in [0.15, 0.2) is 24.4 Å². The zero-order chi connectivity index (χ0) is 19.3. The van der Waals surface area contributed by atoms with Crippen LogP contribution < -0.4 is 0 Å². The lowest BCUT2D eigenvalue weighted by molar-refractivity contribution is 0.0868. The van der Waals surface area contributed by atoms with Gasteiger partial charge in [-0.25, -0.2) is 4.98 Å². The van der Waals surface area contributed by atoms with E-state index in [-0.39, 0.29) is 11.3 Å². The summed E-state index contributed by atoms with van der Waals surface area (Å²) < 4.78 is 49.6. The number of nitrogens with one attached hydrogen (secondary N) is 1. The summed E-state index contributed by atoms with van der Waals surface area (Å²) in [4.78, 5) is 4.13. The minimum absolute atomic E-state index is 0.110. The Kier molecular flexibility index (Phi) is 4.05. The van der Waals surface area contributed by atoms with Crippen molar-refractivity contribution in [1.82, 2.24) is 15.2 Å². The number of benzene rings is 1. The van der Waals surface area contributed by atoms with Crippen LogP contribution in [0, 0.1) is 18.3 Å². The van der Waals surface area contributed by atoms with Gasteiger partial charge in [-0.05, 0) is 30.9 Å². The highest BCUT2D eigenvalue weighted by molar-refractivity contribution is 7.79. The van der Waals surface area contributed by atoms with Crippen LogP contribution in [-0.4, -0.2) is 23.9 Å². The zero-order valence-corrected chi connectivity index (χ0v) is 14.9. The molecule has 1 fully saturated rings. The number of aromatic nitrogens is 3. The maximum absolute atomic E-state index is 13.9. The van der Waals surface area contributed by atoms with Crippen molar-refractivity contribution in [3.05, 3.63) is 46.9 Å². The van der Waals surface area contributed by atoms with Gasteiger partial charge >= 0.3 is 5.25 Å². The molecule has 1 aromatic carbocycles. The van der Waals surface area contributed by atoms with E-state index in [1.54, 1.807) is 0 Å². The Labute approximate surface area is 155 Å². The van der Waals surface area contributed by atoms with E-state index in [1.165, 1.54) is 25.3 Å². The highest BCUT2D eigenvalue weighted by atomic mass is 32.2. The van der Waals surface area contributed by atoms with Crippen molar-refractivity contribution in [3.63, 3.8) is 0 Å². The van der Waals surface area contributed by atoms with Crippen LogP contribution in [-0.2, 0) is 16.3 Å². The van der Waals surface area contributed by atoms with Crippen LogP contribution in [0.2, 0.25) is 0 Å². The molecule has 0 amide bonds. The van der Waals surface area contributed by atoms with Gasteiger partial charge in [-0.1, -0.05) is 18.2 Å². The summed E-state index contributed by atoms with van der Waals surface area (Å²) in [6.45, 7) is 1.41. The second-order valence-corrected chi connectivity index (χ2v) is 7.53. The van der Waals surface area contributed by atoms with Crippen LogP contribution in [0.25, 0.3) is 22.0 Å². The van der Waals surface area contributed by atoms with Gasteiger partial charge in [-0.3, -0.25) is 9.31 Å². The van der Waals surface area contributed by atoms with Gasteiger partial charge < -0.3 is 4.55 Å². The highest BCUT2D eigenvalue weighted by Crippen LogP contribution is 2.45. The second-order valence-electron chi connectivity index (χ2n) is 6.55. The maximum Gasteiger partial charge on any atom is 0.334 e. The fourth-order valence-electron chi connectivity index (χ4n) is 3.30. The summed E-state index contributed by atoms with van der Waals surface area (Å²) >= 11 is -3.57. The molecule has 0 aliphatic heterocycles. The van der Waals surface area contributed by atoms with Crippen molar-refractivity contribution in [3.8, 4) is 17.2 Å². The average Bonchev–Trinajstić information content (AvgIpc) is 3.39. The van der Waals surface area contributed by atoms with E-state index in [1.807, 2.05) is 6.07 Å².